The Labute approximate surface area is 362 Å². The molecule has 0 N–H and O–H groups in total. The Morgan fingerprint density at radius 2 is 1.00 bits per heavy atom. The lowest BCUT2D eigenvalue weighted by molar-refractivity contribution is 0.670. The van der Waals surface area contributed by atoms with E-state index in [-0.39, 0.29) is 5.41 Å². The summed E-state index contributed by atoms with van der Waals surface area (Å²) in [6.45, 7) is 6.17. The molecule has 0 aliphatic heterocycles. The lowest BCUT2D eigenvalue weighted by Crippen LogP contribution is -2.25. The number of allylic oxidation sites excluding steroid dienone is 1. The summed E-state index contributed by atoms with van der Waals surface area (Å²) in [5, 5.41) is 2.18. The molecule has 12 rings (SSSR count). The van der Waals surface area contributed by atoms with E-state index in [1.165, 1.54) is 50.1 Å². The Kier molecular flexibility index (Phi) is 8.17. The molecule has 2 heteroatoms. The summed E-state index contributed by atoms with van der Waals surface area (Å²) in [7, 11) is 0. The van der Waals surface area contributed by atoms with E-state index in [1.807, 2.05) is 6.08 Å². The van der Waals surface area contributed by atoms with Crippen LogP contribution in [0.4, 0.5) is 17.1 Å². The SMILES string of the molecule is C=Cc1ccc(N(c2ccc(-c3ccc4c(c3)C3(c5ccccc5-c5ccccc53)c3ccccc3-4)cc2)c2cccc3c2oc2c(-c4ccccc4)cccc23)cc1/C=C\C. The summed E-state index contributed by atoms with van der Waals surface area (Å²) >= 11 is 0. The zero-order valence-electron chi connectivity index (χ0n) is 34.3. The maximum atomic E-state index is 7.00. The molecule has 2 aliphatic rings. The molecular formula is C60H41NO. The Hall–Kier alpha value is -7.94. The lowest BCUT2D eigenvalue weighted by atomic mass is 9.70. The smallest absolute Gasteiger partial charge is 0.159 e. The maximum absolute atomic E-state index is 7.00. The number of hydrogen-bond acceptors (Lipinski definition) is 2. The second-order valence-electron chi connectivity index (χ2n) is 16.4. The number of furan rings is 1. The van der Waals surface area contributed by atoms with Crippen molar-refractivity contribution in [3.8, 4) is 44.5 Å². The Morgan fingerprint density at radius 1 is 0.435 bits per heavy atom. The average molecular weight is 792 g/mol. The molecule has 0 unspecified atom stereocenters. The van der Waals surface area contributed by atoms with Gasteiger partial charge in [0, 0.05) is 27.7 Å². The van der Waals surface area contributed by atoms with Gasteiger partial charge in [-0.15, -0.1) is 0 Å². The standard InChI is InChI=1S/C60H41NO/c1-3-16-42-37-45(35-29-39(42)4-2)61(57-28-15-24-52-51-23-14-22-46(58(51)62-59(52)57)41-17-6-5-7-18-41)44-33-30-40(31-34-44)43-32-36-50-49-21-10-13-27-55(49)60(56(50)38-43)53-25-11-8-19-47(53)48-20-9-12-26-54(48)60/h3-38H,2H2,1H3/b16-3-. The fourth-order valence-corrected chi connectivity index (χ4v) is 10.5. The van der Waals surface area contributed by atoms with Gasteiger partial charge in [-0.25, -0.2) is 0 Å². The van der Waals surface area contributed by atoms with E-state index in [0.717, 1.165) is 66.8 Å². The van der Waals surface area contributed by atoms with Crippen molar-refractivity contribution in [1.82, 2.24) is 0 Å². The molecule has 10 aromatic rings. The van der Waals surface area contributed by atoms with Gasteiger partial charge in [-0.2, -0.15) is 0 Å². The van der Waals surface area contributed by atoms with Gasteiger partial charge >= 0.3 is 0 Å². The number of benzene rings is 9. The minimum atomic E-state index is -0.389. The first-order valence-corrected chi connectivity index (χ1v) is 21.4. The molecule has 1 heterocycles. The van der Waals surface area contributed by atoms with E-state index in [2.05, 4.69) is 231 Å². The first-order valence-electron chi connectivity index (χ1n) is 21.4. The fraction of sp³-hybridized carbons (Fsp3) is 0.0333. The summed E-state index contributed by atoms with van der Waals surface area (Å²) in [4.78, 5) is 2.33. The van der Waals surface area contributed by atoms with E-state index >= 15 is 0 Å². The summed E-state index contributed by atoms with van der Waals surface area (Å²) < 4.78 is 7.00. The Morgan fingerprint density at radius 3 is 1.66 bits per heavy atom. The normalized spacial score (nSPS) is 13.0. The van der Waals surface area contributed by atoms with Crippen LogP contribution in [0.1, 0.15) is 40.3 Å². The van der Waals surface area contributed by atoms with Gasteiger partial charge in [-0.3, -0.25) is 0 Å². The molecule has 0 saturated carbocycles. The zero-order chi connectivity index (χ0) is 41.4. The number of nitrogens with zero attached hydrogens (tertiary/aromatic N) is 1. The molecule has 292 valence electrons. The van der Waals surface area contributed by atoms with Crippen molar-refractivity contribution in [2.24, 2.45) is 0 Å². The molecular weight excluding hydrogens is 751 g/mol. The average Bonchev–Trinajstić information content (AvgIpc) is 3.97. The lowest BCUT2D eigenvalue weighted by Gasteiger charge is -2.30. The summed E-state index contributed by atoms with van der Waals surface area (Å²) in [6, 6.07) is 73.2. The molecule has 0 saturated heterocycles. The highest BCUT2D eigenvalue weighted by molar-refractivity contribution is 6.13. The highest BCUT2D eigenvalue weighted by Gasteiger charge is 2.51. The summed E-state index contributed by atoms with van der Waals surface area (Å²) in [6.07, 6.45) is 6.15. The predicted octanol–water partition coefficient (Wildman–Crippen LogP) is 16.4. The number of rotatable bonds is 7. The summed E-state index contributed by atoms with van der Waals surface area (Å²) in [5.41, 5.74) is 21.8. The van der Waals surface area contributed by atoms with Gasteiger partial charge in [0.15, 0.2) is 5.58 Å². The minimum Gasteiger partial charge on any atom is -0.453 e. The third-order valence-corrected chi connectivity index (χ3v) is 13.2. The van der Waals surface area contributed by atoms with Crippen molar-refractivity contribution >= 4 is 51.2 Å². The van der Waals surface area contributed by atoms with E-state index in [0.29, 0.717) is 0 Å². The third kappa shape index (κ3) is 5.17. The van der Waals surface area contributed by atoms with Crippen molar-refractivity contribution in [1.29, 1.82) is 0 Å². The molecule has 0 amide bonds. The molecule has 62 heavy (non-hydrogen) atoms. The minimum absolute atomic E-state index is 0.389. The summed E-state index contributed by atoms with van der Waals surface area (Å²) in [5.74, 6) is 0. The fourth-order valence-electron chi connectivity index (χ4n) is 10.5. The molecule has 9 aromatic carbocycles. The number of hydrogen-bond donors (Lipinski definition) is 0. The van der Waals surface area contributed by atoms with Crippen molar-refractivity contribution in [2.75, 3.05) is 4.90 Å². The monoisotopic (exact) mass is 791 g/mol. The molecule has 1 aromatic heterocycles. The molecule has 2 aliphatic carbocycles. The van der Waals surface area contributed by atoms with E-state index < -0.39 is 0 Å². The topological polar surface area (TPSA) is 16.4 Å². The van der Waals surface area contributed by atoms with Gasteiger partial charge in [0.2, 0.25) is 0 Å². The van der Waals surface area contributed by atoms with Crippen LogP contribution >= 0.6 is 0 Å². The Balaban J connectivity index is 1.02. The van der Waals surface area contributed by atoms with Crippen molar-refractivity contribution in [2.45, 2.75) is 12.3 Å². The van der Waals surface area contributed by atoms with Crippen LogP contribution in [0.25, 0.3) is 78.6 Å². The first kappa shape index (κ1) is 36.0. The number of para-hydroxylation sites is 2. The number of anilines is 3. The van der Waals surface area contributed by atoms with Crippen LogP contribution in [0.3, 0.4) is 0 Å². The van der Waals surface area contributed by atoms with E-state index in [4.69, 9.17) is 4.42 Å². The first-order chi connectivity index (χ1) is 30.7. The molecule has 0 bridgehead atoms. The van der Waals surface area contributed by atoms with Crippen molar-refractivity contribution in [3.05, 3.63) is 246 Å². The molecule has 0 radical (unpaired) electrons. The zero-order valence-corrected chi connectivity index (χ0v) is 34.3. The van der Waals surface area contributed by atoms with Gasteiger partial charge in [-0.05, 0) is 116 Å². The van der Waals surface area contributed by atoms with Crippen molar-refractivity contribution in [3.63, 3.8) is 0 Å². The van der Waals surface area contributed by atoms with Gasteiger partial charge in [0.05, 0.1) is 11.1 Å². The van der Waals surface area contributed by atoms with Crippen LogP contribution in [-0.4, -0.2) is 0 Å². The van der Waals surface area contributed by atoms with Gasteiger partial charge in [-0.1, -0.05) is 189 Å². The highest BCUT2D eigenvalue weighted by atomic mass is 16.3. The van der Waals surface area contributed by atoms with Crippen LogP contribution < -0.4 is 4.90 Å². The molecule has 0 atom stereocenters. The Bertz CT molecular complexity index is 3380. The second kappa shape index (κ2) is 14.1. The van der Waals surface area contributed by atoms with Crippen LogP contribution in [0.15, 0.2) is 217 Å². The predicted molar refractivity (Wildman–Crippen MR) is 260 cm³/mol. The molecule has 1 spiro atoms. The van der Waals surface area contributed by atoms with E-state index in [9.17, 15) is 0 Å². The quantitative estimate of drug-likeness (QED) is 0.160. The van der Waals surface area contributed by atoms with Crippen LogP contribution in [0.2, 0.25) is 0 Å². The molecule has 2 nitrogen and oxygen atoms in total. The van der Waals surface area contributed by atoms with Gasteiger partial charge in [0.1, 0.15) is 5.58 Å². The molecule has 0 fully saturated rings. The second-order valence-corrected chi connectivity index (χ2v) is 16.4. The van der Waals surface area contributed by atoms with Gasteiger partial charge in [0.25, 0.3) is 0 Å². The third-order valence-electron chi connectivity index (χ3n) is 13.2. The van der Waals surface area contributed by atoms with Gasteiger partial charge < -0.3 is 9.32 Å². The van der Waals surface area contributed by atoms with E-state index in [1.54, 1.807) is 0 Å². The largest absolute Gasteiger partial charge is 0.453 e. The van der Waals surface area contributed by atoms with Crippen LogP contribution in [0, 0.1) is 0 Å². The highest BCUT2D eigenvalue weighted by Crippen LogP contribution is 2.63. The van der Waals surface area contributed by atoms with Crippen LogP contribution in [-0.2, 0) is 5.41 Å². The van der Waals surface area contributed by atoms with Crippen molar-refractivity contribution < 1.29 is 4.42 Å². The van der Waals surface area contributed by atoms with Crippen LogP contribution in [0.5, 0.6) is 0 Å². The maximum Gasteiger partial charge on any atom is 0.159 e. The number of fused-ring (bicyclic) bond motifs is 13.